The Morgan fingerprint density at radius 3 is 2.36 bits per heavy atom. The predicted octanol–water partition coefficient (Wildman–Crippen LogP) is 4.54. The average Bonchev–Trinajstić information content (AvgIpc) is 2.69. The Morgan fingerprint density at radius 1 is 0.964 bits per heavy atom. The molecule has 3 rings (SSSR count). The highest BCUT2D eigenvalue weighted by atomic mass is 32.2. The Hall–Kier alpha value is -2.86. The number of esters is 1. The molecule has 0 aromatic heterocycles. The van der Waals surface area contributed by atoms with Gasteiger partial charge in [-0.3, -0.25) is 4.31 Å². The molecular formula is C22H23NO4S. The van der Waals surface area contributed by atoms with Crippen LogP contribution in [0.15, 0.2) is 65.6 Å². The number of rotatable bonds is 6. The fourth-order valence-electron chi connectivity index (χ4n) is 3.25. The van der Waals surface area contributed by atoms with Gasteiger partial charge in [0.25, 0.3) is 10.0 Å². The summed E-state index contributed by atoms with van der Waals surface area (Å²) in [5.41, 5.74) is 1.42. The third-order valence-corrected chi connectivity index (χ3v) is 6.55. The summed E-state index contributed by atoms with van der Waals surface area (Å²) in [4.78, 5) is 12.4. The number of fused-ring (bicyclic) bond motifs is 1. The molecule has 0 aliphatic rings. The minimum Gasteiger partial charge on any atom is -0.462 e. The van der Waals surface area contributed by atoms with Crippen molar-refractivity contribution in [3.63, 3.8) is 0 Å². The maximum atomic E-state index is 13.4. The van der Waals surface area contributed by atoms with Gasteiger partial charge in [-0.2, -0.15) is 0 Å². The molecule has 0 unspecified atom stereocenters. The van der Waals surface area contributed by atoms with Gasteiger partial charge in [0.2, 0.25) is 0 Å². The zero-order valence-corrected chi connectivity index (χ0v) is 17.0. The van der Waals surface area contributed by atoms with E-state index >= 15 is 0 Å². The lowest BCUT2D eigenvalue weighted by molar-refractivity contribution is 0.0525. The van der Waals surface area contributed by atoms with Crippen molar-refractivity contribution in [3.05, 3.63) is 71.8 Å². The van der Waals surface area contributed by atoms with Crippen molar-refractivity contribution in [2.75, 3.05) is 17.5 Å². The molecule has 3 aromatic rings. The molecule has 0 saturated carbocycles. The molecule has 0 amide bonds. The number of anilines is 1. The van der Waals surface area contributed by atoms with Crippen molar-refractivity contribution < 1.29 is 17.9 Å². The minimum atomic E-state index is -3.79. The summed E-state index contributed by atoms with van der Waals surface area (Å²) in [6.45, 7) is 5.74. The first kappa shape index (κ1) is 19.9. The lowest BCUT2D eigenvalue weighted by atomic mass is 10.1. The van der Waals surface area contributed by atoms with E-state index in [0.717, 1.165) is 10.8 Å². The van der Waals surface area contributed by atoms with Gasteiger partial charge in [-0.15, -0.1) is 0 Å². The lowest BCUT2D eigenvalue weighted by Gasteiger charge is -2.25. The Bertz CT molecular complexity index is 1120. The van der Waals surface area contributed by atoms with Crippen molar-refractivity contribution in [2.24, 2.45) is 0 Å². The van der Waals surface area contributed by atoms with Gasteiger partial charge in [0.1, 0.15) is 0 Å². The van der Waals surface area contributed by atoms with Crippen LogP contribution in [0.4, 0.5) is 5.69 Å². The van der Waals surface area contributed by atoms with E-state index in [-0.39, 0.29) is 18.0 Å². The first-order chi connectivity index (χ1) is 13.4. The molecule has 28 heavy (non-hydrogen) atoms. The Kier molecular flexibility index (Phi) is 5.70. The summed E-state index contributed by atoms with van der Waals surface area (Å²) in [5.74, 6) is -0.457. The van der Waals surface area contributed by atoms with Crippen LogP contribution in [0.25, 0.3) is 10.8 Å². The molecule has 0 fully saturated rings. The van der Waals surface area contributed by atoms with Gasteiger partial charge in [-0.25, -0.2) is 13.2 Å². The SMILES string of the molecule is CCOC(=O)c1cccc(N(CC)S(=O)(=O)c2ccc3ccccc3c2)c1C. The highest BCUT2D eigenvalue weighted by Crippen LogP contribution is 2.30. The van der Waals surface area contributed by atoms with Gasteiger partial charge in [-0.1, -0.05) is 36.4 Å². The molecule has 0 saturated heterocycles. The van der Waals surface area contributed by atoms with Crippen LogP contribution < -0.4 is 4.31 Å². The summed E-state index contributed by atoms with van der Waals surface area (Å²) in [6, 6.07) is 17.7. The monoisotopic (exact) mass is 397 g/mol. The van der Waals surface area contributed by atoms with E-state index in [9.17, 15) is 13.2 Å². The van der Waals surface area contributed by atoms with Gasteiger partial charge >= 0.3 is 5.97 Å². The number of ether oxygens (including phenoxy) is 1. The number of carbonyl (C=O) groups excluding carboxylic acids is 1. The molecular weight excluding hydrogens is 374 g/mol. The molecule has 0 spiro atoms. The van der Waals surface area contributed by atoms with Crippen molar-refractivity contribution in [1.29, 1.82) is 0 Å². The quantitative estimate of drug-likeness (QED) is 0.573. The van der Waals surface area contributed by atoms with E-state index in [0.29, 0.717) is 16.8 Å². The average molecular weight is 397 g/mol. The van der Waals surface area contributed by atoms with Crippen LogP contribution in [-0.4, -0.2) is 27.5 Å². The first-order valence-electron chi connectivity index (χ1n) is 9.18. The van der Waals surface area contributed by atoms with Gasteiger partial charge in [0.05, 0.1) is 22.8 Å². The third kappa shape index (κ3) is 3.60. The van der Waals surface area contributed by atoms with Gasteiger partial charge in [0.15, 0.2) is 0 Å². The molecule has 0 bridgehead atoms. The molecule has 0 atom stereocenters. The van der Waals surface area contributed by atoms with Crippen molar-refractivity contribution >= 4 is 32.5 Å². The molecule has 0 aliphatic carbocycles. The van der Waals surface area contributed by atoms with Crippen molar-refractivity contribution in [1.82, 2.24) is 0 Å². The Morgan fingerprint density at radius 2 is 1.68 bits per heavy atom. The highest BCUT2D eigenvalue weighted by Gasteiger charge is 2.26. The van der Waals surface area contributed by atoms with Crippen LogP contribution >= 0.6 is 0 Å². The summed E-state index contributed by atoms with van der Waals surface area (Å²) < 4.78 is 33.2. The molecule has 0 aliphatic heterocycles. The highest BCUT2D eigenvalue weighted by molar-refractivity contribution is 7.92. The fraction of sp³-hybridized carbons (Fsp3) is 0.227. The second-order valence-corrected chi connectivity index (χ2v) is 8.21. The second-order valence-electron chi connectivity index (χ2n) is 6.35. The topological polar surface area (TPSA) is 63.7 Å². The zero-order valence-electron chi connectivity index (χ0n) is 16.2. The number of sulfonamides is 1. The number of nitrogens with zero attached hydrogens (tertiary/aromatic N) is 1. The maximum absolute atomic E-state index is 13.4. The Balaban J connectivity index is 2.09. The summed E-state index contributed by atoms with van der Waals surface area (Å²) in [5, 5.41) is 1.83. The van der Waals surface area contributed by atoms with E-state index in [2.05, 4.69) is 0 Å². The fourth-order valence-corrected chi connectivity index (χ4v) is 4.82. The van der Waals surface area contributed by atoms with Gasteiger partial charge < -0.3 is 4.74 Å². The van der Waals surface area contributed by atoms with E-state index < -0.39 is 16.0 Å². The smallest absolute Gasteiger partial charge is 0.338 e. The zero-order chi connectivity index (χ0) is 20.3. The molecule has 0 heterocycles. The minimum absolute atomic E-state index is 0.217. The van der Waals surface area contributed by atoms with Crippen LogP contribution in [0, 0.1) is 6.92 Å². The van der Waals surface area contributed by atoms with Crippen LogP contribution in [0.1, 0.15) is 29.8 Å². The number of benzene rings is 3. The molecule has 146 valence electrons. The van der Waals surface area contributed by atoms with E-state index in [1.54, 1.807) is 57.2 Å². The summed E-state index contributed by atoms with van der Waals surface area (Å²) in [6.07, 6.45) is 0. The standard InChI is InChI=1S/C22H23NO4S/c1-4-23(21-12-8-11-20(16(21)3)22(24)27-5-2)28(25,26)19-14-13-17-9-6-7-10-18(17)15-19/h6-15H,4-5H2,1-3H3. The lowest BCUT2D eigenvalue weighted by Crippen LogP contribution is -2.31. The van der Waals surface area contributed by atoms with Gasteiger partial charge in [0, 0.05) is 6.54 Å². The molecule has 3 aromatic carbocycles. The van der Waals surface area contributed by atoms with Crippen molar-refractivity contribution in [3.8, 4) is 0 Å². The van der Waals surface area contributed by atoms with Crippen LogP contribution in [0.3, 0.4) is 0 Å². The normalized spacial score (nSPS) is 11.4. The van der Waals surface area contributed by atoms with Crippen LogP contribution in [-0.2, 0) is 14.8 Å². The first-order valence-corrected chi connectivity index (χ1v) is 10.6. The number of carbonyl (C=O) groups is 1. The Labute approximate surface area is 165 Å². The van der Waals surface area contributed by atoms with Crippen molar-refractivity contribution in [2.45, 2.75) is 25.7 Å². The van der Waals surface area contributed by atoms with E-state index in [4.69, 9.17) is 4.74 Å². The molecule has 6 heteroatoms. The molecule has 0 radical (unpaired) electrons. The maximum Gasteiger partial charge on any atom is 0.338 e. The molecule has 0 N–H and O–H groups in total. The number of hydrogen-bond acceptors (Lipinski definition) is 4. The second kappa shape index (κ2) is 8.02. The van der Waals surface area contributed by atoms with Crippen LogP contribution in [0.2, 0.25) is 0 Å². The third-order valence-electron chi connectivity index (χ3n) is 4.67. The largest absolute Gasteiger partial charge is 0.462 e. The molecule has 5 nitrogen and oxygen atoms in total. The predicted molar refractivity (Wildman–Crippen MR) is 111 cm³/mol. The number of hydrogen-bond donors (Lipinski definition) is 0. The summed E-state index contributed by atoms with van der Waals surface area (Å²) in [7, 11) is -3.79. The van der Waals surface area contributed by atoms with E-state index in [1.165, 1.54) is 4.31 Å². The van der Waals surface area contributed by atoms with Gasteiger partial charge in [-0.05, 0) is 61.4 Å². The van der Waals surface area contributed by atoms with Crippen LogP contribution in [0.5, 0.6) is 0 Å². The van der Waals surface area contributed by atoms with E-state index in [1.807, 2.05) is 24.3 Å². The summed E-state index contributed by atoms with van der Waals surface area (Å²) >= 11 is 0.